The molecule has 4 heterocycles. The van der Waals surface area contributed by atoms with Gasteiger partial charge in [0.05, 0.1) is 11.1 Å². The van der Waals surface area contributed by atoms with E-state index in [4.69, 9.17) is 0 Å². The standard InChI is InChI=1S/C80H91BN4/c1-73(2,3)54-27-33-58(34-28-54)82-68-41-32-57(76(10,11)12)48-65(68)81-64-38-37-60(84-66-39-26-53(52-24-18-17-19-25-52)46-62(66)77(13)42-20-22-44-79(77,84)15)49-69(64)83(59-35-29-55(30-36-59)74(4,5)6)71-51-61(50-70(82)72(71)81)85-67-40-31-56(75(7,8)9)47-63(67)78(14)43-21-23-45-80(78,85)16/h17-19,24-41,46-51H,20-23,42-45H2,1-16H3. The van der Waals surface area contributed by atoms with Crippen molar-refractivity contribution in [2.45, 2.75) is 206 Å². The Morgan fingerprint density at radius 2 is 0.753 bits per heavy atom. The molecule has 0 N–H and O–H groups in total. The van der Waals surface area contributed by atoms with Crippen molar-refractivity contribution in [3.8, 4) is 11.1 Å². The van der Waals surface area contributed by atoms with Crippen molar-refractivity contribution in [2.24, 2.45) is 0 Å². The zero-order valence-corrected chi connectivity index (χ0v) is 54.1. The van der Waals surface area contributed by atoms with E-state index in [2.05, 4.69) is 294 Å². The maximum absolute atomic E-state index is 2.85. The van der Waals surface area contributed by atoms with E-state index >= 15 is 0 Å². The third-order valence-corrected chi connectivity index (χ3v) is 22.6. The lowest BCUT2D eigenvalue weighted by molar-refractivity contribution is 0.195. The minimum absolute atomic E-state index is 0.00308. The van der Waals surface area contributed by atoms with E-state index in [9.17, 15) is 0 Å². The summed E-state index contributed by atoms with van der Waals surface area (Å²) in [7, 11) is 0. The highest BCUT2D eigenvalue weighted by Crippen LogP contribution is 2.64. The van der Waals surface area contributed by atoms with Crippen LogP contribution in [-0.2, 0) is 32.5 Å². The molecule has 6 aliphatic rings. The second-order valence-electron chi connectivity index (χ2n) is 31.7. The molecule has 8 aromatic rings. The molecule has 434 valence electrons. The van der Waals surface area contributed by atoms with Gasteiger partial charge in [0.1, 0.15) is 0 Å². The summed E-state index contributed by atoms with van der Waals surface area (Å²) in [5.41, 5.74) is 27.4. The first-order valence-corrected chi connectivity index (χ1v) is 32.4. The molecule has 2 aliphatic carbocycles. The number of nitrogens with zero attached hydrogens (tertiary/aromatic N) is 4. The summed E-state index contributed by atoms with van der Waals surface area (Å²) in [4.78, 5) is 11.0. The third-order valence-electron chi connectivity index (χ3n) is 22.6. The molecular weight excluding hydrogens is 1030 g/mol. The molecule has 8 aromatic carbocycles. The average Bonchev–Trinajstić information content (AvgIpc) is 1.71. The summed E-state index contributed by atoms with van der Waals surface area (Å²) in [6.45, 7) is 38.7. The van der Waals surface area contributed by atoms with E-state index in [-0.39, 0.29) is 50.3 Å². The summed E-state index contributed by atoms with van der Waals surface area (Å²) in [5, 5.41) is 0. The maximum Gasteiger partial charge on any atom is 0.252 e. The molecule has 14 rings (SSSR count). The van der Waals surface area contributed by atoms with Crippen molar-refractivity contribution in [3.63, 3.8) is 0 Å². The first-order valence-electron chi connectivity index (χ1n) is 32.4. The first-order chi connectivity index (χ1) is 40.1. The van der Waals surface area contributed by atoms with Crippen LogP contribution in [0, 0.1) is 0 Å². The minimum atomic E-state index is -0.164. The van der Waals surface area contributed by atoms with E-state index in [0.717, 1.165) is 12.8 Å². The summed E-state index contributed by atoms with van der Waals surface area (Å²) in [5.74, 6) is 0. The molecular formula is C80H91BN4. The van der Waals surface area contributed by atoms with Gasteiger partial charge in [-0.05, 0) is 195 Å². The number of hydrogen-bond acceptors (Lipinski definition) is 4. The van der Waals surface area contributed by atoms with Crippen LogP contribution in [0.3, 0.4) is 0 Å². The van der Waals surface area contributed by atoms with Gasteiger partial charge in [0, 0.05) is 67.7 Å². The lowest BCUT2D eigenvalue weighted by atomic mass is 9.33. The molecule has 4 atom stereocenters. The zero-order valence-electron chi connectivity index (χ0n) is 54.1. The summed E-state index contributed by atoms with van der Waals surface area (Å²) in [6, 6.07) is 65.7. The van der Waals surface area contributed by atoms with E-state index < -0.39 is 0 Å². The van der Waals surface area contributed by atoms with Crippen LogP contribution in [0.2, 0.25) is 0 Å². The molecule has 5 heteroatoms. The predicted octanol–water partition coefficient (Wildman–Crippen LogP) is 20.1. The van der Waals surface area contributed by atoms with Gasteiger partial charge in [-0.3, -0.25) is 0 Å². The van der Waals surface area contributed by atoms with Crippen molar-refractivity contribution < 1.29 is 0 Å². The fourth-order valence-corrected chi connectivity index (χ4v) is 17.0. The van der Waals surface area contributed by atoms with Gasteiger partial charge in [0.25, 0.3) is 6.71 Å². The van der Waals surface area contributed by atoms with Gasteiger partial charge in [0.2, 0.25) is 0 Å². The Labute approximate surface area is 510 Å². The Hall–Kier alpha value is -6.98. The molecule has 0 bridgehead atoms. The predicted molar refractivity (Wildman–Crippen MR) is 366 cm³/mol. The molecule has 0 amide bonds. The summed E-state index contributed by atoms with van der Waals surface area (Å²) in [6.07, 6.45) is 9.52. The van der Waals surface area contributed by atoms with Gasteiger partial charge in [-0.1, -0.05) is 214 Å². The van der Waals surface area contributed by atoms with E-state index in [1.165, 1.54) is 156 Å². The summed E-state index contributed by atoms with van der Waals surface area (Å²) >= 11 is 0. The highest BCUT2D eigenvalue weighted by Gasteiger charge is 2.60. The second-order valence-corrected chi connectivity index (χ2v) is 31.7. The van der Waals surface area contributed by atoms with Gasteiger partial charge in [-0.2, -0.15) is 0 Å². The van der Waals surface area contributed by atoms with Gasteiger partial charge >= 0.3 is 0 Å². The van der Waals surface area contributed by atoms with Crippen LogP contribution < -0.4 is 36.0 Å². The van der Waals surface area contributed by atoms with Gasteiger partial charge in [-0.25, -0.2) is 0 Å². The van der Waals surface area contributed by atoms with Crippen molar-refractivity contribution in [1.29, 1.82) is 0 Å². The number of benzene rings is 8. The van der Waals surface area contributed by atoms with Crippen molar-refractivity contribution in [3.05, 3.63) is 197 Å². The second kappa shape index (κ2) is 18.8. The van der Waals surface area contributed by atoms with Crippen LogP contribution in [0.25, 0.3) is 11.1 Å². The molecule has 0 spiro atoms. The van der Waals surface area contributed by atoms with E-state index in [1.54, 1.807) is 0 Å². The largest absolute Gasteiger partial charge is 0.334 e. The fourth-order valence-electron chi connectivity index (χ4n) is 17.0. The Morgan fingerprint density at radius 3 is 1.28 bits per heavy atom. The molecule has 0 aromatic heterocycles. The zero-order chi connectivity index (χ0) is 59.8. The highest BCUT2D eigenvalue weighted by atomic mass is 15.3. The highest BCUT2D eigenvalue weighted by molar-refractivity contribution is 7.00. The molecule has 85 heavy (non-hydrogen) atoms. The van der Waals surface area contributed by atoms with Crippen LogP contribution in [0.4, 0.5) is 56.9 Å². The lowest BCUT2D eigenvalue weighted by Crippen LogP contribution is -2.62. The molecule has 0 saturated heterocycles. The van der Waals surface area contributed by atoms with E-state index in [1.807, 2.05) is 0 Å². The molecule has 0 radical (unpaired) electrons. The SMILES string of the molecule is CC(C)(C)c1ccc(N2c3ccc(C(C)(C)C)cc3B3c4ccc(N5c6ccc(-c7ccccc7)cc6C6(C)CCCCC56C)cc4N(c4ccc(C(C)(C)C)cc4)c4cc(N5c6ccc(C(C)(C)C)cc6C6(C)CCCCC56C)cc2c43)cc1. The molecule has 4 aliphatic heterocycles. The van der Waals surface area contributed by atoms with Crippen LogP contribution in [0.5, 0.6) is 0 Å². The van der Waals surface area contributed by atoms with Gasteiger partial charge in [-0.15, -0.1) is 0 Å². The fraction of sp³-hybridized carbons (Fsp3) is 0.400. The minimum Gasteiger partial charge on any atom is -0.334 e. The van der Waals surface area contributed by atoms with Crippen LogP contribution in [0.1, 0.15) is 196 Å². The molecule has 2 saturated carbocycles. The topological polar surface area (TPSA) is 13.0 Å². The monoisotopic (exact) mass is 1120 g/mol. The van der Waals surface area contributed by atoms with Crippen molar-refractivity contribution >= 4 is 80.0 Å². The summed E-state index contributed by atoms with van der Waals surface area (Å²) < 4.78 is 0. The Bertz CT molecular complexity index is 3980. The quantitative estimate of drug-likeness (QED) is 0.159. The van der Waals surface area contributed by atoms with Gasteiger partial charge < -0.3 is 19.6 Å². The smallest absolute Gasteiger partial charge is 0.252 e. The average molecular weight is 1120 g/mol. The number of anilines is 10. The molecule has 4 unspecified atom stereocenters. The third kappa shape index (κ3) is 8.27. The van der Waals surface area contributed by atoms with Crippen molar-refractivity contribution in [2.75, 3.05) is 19.6 Å². The number of fused-ring (bicyclic) bond motifs is 10. The number of rotatable bonds is 5. The van der Waals surface area contributed by atoms with Gasteiger partial charge in [0.15, 0.2) is 0 Å². The lowest BCUT2D eigenvalue weighted by Gasteiger charge is -2.51. The normalized spacial score (nSPS) is 23.2. The van der Waals surface area contributed by atoms with Crippen LogP contribution in [0.15, 0.2) is 164 Å². The first kappa shape index (κ1) is 55.9. The maximum atomic E-state index is 2.85. The van der Waals surface area contributed by atoms with Crippen LogP contribution >= 0.6 is 0 Å². The van der Waals surface area contributed by atoms with Crippen LogP contribution in [-0.4, -0.2) is 17.8 Å². The molecule has 2 fully saturated rings. The Morgan fingerprint density at radius 1 is 0.329 bits per heavy atom. The molecule has 4 nitrogen and oxygen atoms in total. The van der Waals surface area contributed by atoms with E-state index in [0.29, 0.717) is 0 Å². The Balaban J connectivity index is 1.08. The Kier molecular flexibility index (Phi) is 12.3. The number of hydrogen-bond donors (Lipinski definition) is 0. The van der Waals surface area contributed by atoms with Crippen molar-refractivity contribution in [1.82, 2.24) is 0 Å².